The number of nitrogens with zero attached hydrogens (tertiary/aromatic N) is 4. The van der Waals surface area contributed by atoms with Gasteiger partial charge in [-0.3, -0.25) is 0 Å². The average Bonchev–Trinajstić information content (AvgIpc) is 3.15. The van der Waals surface area contributed by atoms with E-state index in [0.29, 0.717) is 23.1 Å². The van der Waals surface area contributed by atoms with Crippen LogP contribution in [-0.4, -0.2) is 53.4 Å². The van der Waals surface area contributed by atoms with Gasteiger partial charge in [0.1, 0.15) is 5.56 Å². The van der Waals surface area contributed by atoms with Crippen molar-refractivity contribution in [1.82, 2.24) is 14.5 Å². The van der Waals surface area contributed by atoms with E-state index in [1.165, 1.54) is 13.0 Å². The number of sulfone groups is 1. The van der Waals surface area contributed by atoms with Crippen molar-refractivity contribution in [3.63, 3.8) is 0 Å². The van der Waals surface area contributed by atoms with Crippen molar-refractivity contribution in [1.29, 1.82) is 0 Å². The summed E-state index contributed by atoms with van der Waals surface area (Å²) in [6.45, 7) is 3.27. The summed E-state index contributed by atoms with van der Waals surface area (Å²) in [5.41, 5.74) is -0.511. The molecule has 13 heteroatoms. The largest absolute Gasteiger partial charge is 0.462 e. The van der Waals surface area contributed by atoms with Gasteiger partial charge in [-0.25, -0.2) is 23.2 Å². The molecule has 0 fully saturated rings. The quantitative estimate of drug-likeness (QED) is 0.519. The number of ether oxygens (including phenoxy) is 1. The number of rotatable bonds is 5. The van der Waals surface area contributed by atoms with Crippen molar-refractivity contribution < 1.29 is 36.2 Å². The van der Waals surface area contributed by atoms with Crippen LogP contribution in [0.4, 0.5) is 19.1 Å². The number of aliphatic hydroxyl groups is 1. The Kier molecular flexibility index (Phi) is 6.26. The molecule has 1 N–H and O–H groups in total. The smallest absolute Gasteiger partial charge is 0.434 e. The summed E-state index contributed by atoms with van der Waals surface area (Å²) in [5.74, 6) is -1.35. The predicted octanol–water partition coefficient (Wildman–Crippen LogP) is 3.10. The molecule has 0 saturated heterocycles. The maximum atomic E-state index is 13.7. The van der Waals surface area contributed by atoms with E-state index >= 15 is 0 Å². The van der Waals surface area contributed by atoms with Gasteiger partial charge in [-0.15, -0.1) is 0 Å². The summed E-state index contributed by atoms with van der Waals surface area (Å²) in [6.07, 6.45) is -3.00. The third kappa shape index (κ3) is 4.45. The molecule has 9 nitrogen and oxygen atoms in total. The Morgan fingerprint density at radius 3 is 2.57 bits per heavy atom. The van der Waals surface area contributed by atoms with Crippen molar-refractivity contribution >= 4 is 32.7 Å². The predicted molar refractivity (Wildman–Crippen MR) is 120 cm³/mol. The second-order valence-electron chi connectivity index (χ2n) is 8.19. The van der Waals surface area contributed by atoms with Gasteiger partial charge in [0, 0.05) is 42.1 Å². The van der Waals surface area contributed by atoms with Gasteiger partial charge >= 0.3 is 12.1 Å². The fraction of sp³-hybridized carbons (Fsp3) is 0.409. The molecule has 0 radical (unpaired) electrons. The highest BCUT2D eigenvalue weighted by molar-refractivity contribution is 7.90. The molecule has 1 aliphatic rings. The minimum atomic E-state index is -4.89. The van der Waals surface area contributed by atoms with Crippen LogP contribution in [-0.2, 0) is 33.9 Å². The fourth-order valence-electron chi connectivity index (χ4n) is 4.34. The lowest BCUT2D eigenvalue weighted by Crippen LogP contribution is -2.38. The van der Waals surface area contributed by atoms with Crippen LogP contribution in [0, 0.1) is 0 Å². The summed E-state index contributed by atoms with van der Waals surface area (Å²) in [7, 11) is -3.59. The highest BCUT2D eigenvalue weighted by Gasteiger charge is 2.40. The van der Waals surface area contributed by atoms with Crippen molar-refractivity contribution in [3.05, 3.63) is 46.9 Å². The number of benzene rings is 1. The van der Waals surface area contributed by atoms with Crippen LogP contribution in [0.25, 0.3) is 10.9 Å². The van der Waals surface area contributed by atoms with Crippen molar-refractivity contribution in [2.45, 2.75) is 44.1 Å². The minimum Gasteiger partial charge on any atom is -0.462 e. The lowest BCUT2D eigenvalue weighted by atomic mass is 10.1. The molecule has 4 rings (SSSR count). The summed E-state index contributed by atoms with van der Waals surface area (Å²) in [4.78, 5) is 21.3. The standard InChI is InChI=1S/C22H23F3N4O5S/c1-4-34-20(31)15-10-26-21(27-19(15)22(23,24)25)28-5-6-29-16(12(28)2)8-13-7-14(11-30)18(9-17(13)29)35(3,32)33/h7-10,12,30H,4-6,11H2,1-3H3. The summed E-state index contributed by atoms with van der Waals surface area (Å²) >= 11 is 0. The molecule has 0 saturated carbocycles. The first-order chi connectivity index (χ1) is 16.4. The number of hydrogen-bond acceptors (Lipinski definition) is 8. The van der Waals surface area contributed by atoms with Gasteiger partial charge in [-0.1, -0.05) is 0 Å². The first kappa shape index (κ1) is 24.9. The number of halogens is 3. The van der Waals surface area contributed by atoms with E-state index in [-0.39, 0.29) is 29.6 Å². The summed E-state index contributed by atoms with van der Waals surface area (Å²) in [6, 6.07) is 4.44. The number of hydrogen-bond donors (Lipinski definition) is 1. The molecule has 1 unspecified atom stereocenters. The van der Waals surface area contributed by atoms with Crippen molar-refractivity contribution in [3.8, 4) is 0 Å². The first-order valence-electron chi connectivity index (χ1n) is 10.7. The van der Waals surface area contributed by atoms with Gasteiger partial charge in [-0.05, 0) is 37.6 Å². The van der Waals surface area contributed by atoms with Crippen molar-refractivity contribution in [2.75, 3.05) is 24.3 Å². The molecule has 188 valence electrons. The maximum absolute atomic E-state index is 13.7. The number of aromatic nitrogens is 3. The number of esters is 1. The van der Waals surface area contributed by atoms with Gasteiger partial charge in [0.2, 0.25) is 5.95 Å². The van der Waals surface area contributed by atoms with Crippen LogP contribution in [0.1, 0.15) is 47.2 Å². The molecule has 3 heterocycles. The highest BCUT2D eigenvalue weighted by Crippen LogP contribution is 2.37. The minimum absolute atomic E-state index is 0.0242. The zero-order chi connectivity index (χ0) is 25.7. The first-order valence-corrected chi connectivity index (χ1v) is 12.6. The molecule has 0 aliphatic carbocycles. The normalized spacial score (nSPS) is 16.4. The highest BCUT2D eigenvalue weighted by atomic mass is 32.2. The molecule has 2 aromatic heterocycles. The molecule has 1 atom stereocenters. The Bertz CT molecular complexity index is 1420. The summed E-state index contributed by atoms with van der Waals surface area (Å²) in [5, 5.41) is 10.3. The maximum Gasteiger partial charge on any atom is 0.434 e. The Morgan fingerprint density at radius 1 is 1.26 bits per heavy atom. The number of carbonyl (C=O) groups excluding carboxylic acids is 1. The van der Waals surface area contributed by atoms with Gasteiger partial charge in [0.05, 0.1) is 24.2 Å². The van der Waals surface area contributed by atoms with Gasteiger partial charge in [0.25, 0.3) is 0 Å². The number of anilines is 1. The zero-order valence-electron chi connectivity index (χ0n) is 19.1. The van der Waals surface area contributed by atoms with E-state index in [1.54, 1.807) is 24.0 Å². The van der Waals surface area contributed by atoms with E-state index in [0.717, 1.165) is 12.5 Å². The Labute approximate surface area is 199 Å². The van der Waals surface area contributed by atoms with E-state index in [9.17, 15) is 31.5 Å². The van der Waals surface area contributed by atoms with E-state index in [2.05, 4.69) is 9.97 Å². The molecule has 1 aromatic carbocycles. The summed E-state index contributed by atoms with van der Waals surface area (Å²) < 4.78 is 72.1. The third-order valence-corrected chi connectivity index (χ3v) is 7.12. The molecule has 35 heavy (non-hydrogen) atoms. The second-order valence-corrected chi connectivity index (χ2v) is 10.2. The van der Waals surface area contributed by atoms with Crippen LogP contribution in [0.5, 0.6) is 0 Å². The Balaban J connectivity index is 1.78. The van der Waals surface area contributed by atoms with Crippen molar-refractivity contribution in [2.24, 2.45) is 0 Å². The van der Waals surface area contributed by atoms with Crippen LogP contribution < -0.4 is 4.90 Å². The molecule has 0 spiro atoms. The Morgan fingerprint density at radius 2 is 1.97 bits per heavy atom. The van der Waals surface area contributed by atoms with E-state index < -0.39 is 45.9 Å². The average molecular weight is 513 g/mol. The number of aliphatic hydroxyl groups excluding tert-OH is 1. The molecular formula is C22H23F3N4O5S. The van der Waals surface area contributed by atoms with Gasteiger partial charge in [0.15, 0.2) is 15.5 Å². The second kappa shape index (κ2) is 8.79. The molecule has 1 aliphatic heterocycles. The monoisotopic (exact) mass is 512 g/mol. The van der Waals surface area contributed by atoms with Crippen LogP contribution >= 0.6 is 0 Å². The lowest BCUT2D eigenvalue weighted by molar-refractivity contribution is -0.141. The van der Waals surface area contributed by atoms with Gasteiger partial charge < -0.3 is 19.3 Å². The SMILES string of the molecule is CCOC(=O)c1cnc(N2CCn3c(cc4cc(CO)c(S(C)(=O)=O)cc43)C2C)nc1C(F)(F)F. The number of alkyl halides is 3. The lowest BCUT2D eigenvalue weighted by Gasteiger charge is -2.35. The Hall–Kier alpha value is -3.19. The topological polar surface area (TPSA) is 115 Å². The third-order valence-electron chi connectivity index (χ3n) is 5.94. The number of carbonyl (C=O) groups is 1. The molecular weight excluding hydrogens is 489 g/mol. The van der Waals surface area contributed by atoms with Gasteiger partial charge in [-0.2, -0.15) is 13.2 Å². The molecule has 3 aromatic rings. The van der Waals surface area contributed by atoms with Crippen LogP contribution in [0.2, 0.25) is 0 Å². The fourth-order valence-corrected chi connectivity index (χ4v) is 5.27. The van der Waals surface area contributed by atoms with Crippen LogP contribution in [0.3, 0.4) is 0 Å². The number of fused-ring (bicyclic) bond motifs is 3. The van der Waals surface area contributed by atoms with Crippen LogP contribution in [0.15, 0.2) is 29.3 Å². The molecule has 0 amide bonds. The van der Waals surface area contributed by atoms with E-state index in [1.807, 2.05) is 4.57 Å². The van der Waals surface area contributed by atoms with E-state index in [4.69, 9.17) is 4.74 Å². The molecule has 0 bridgehead atoms. The zero-order valence-corrected chi connectivity index (χ0v) is 19.9.